The van der Waals surface area contributed by atoms with E-state index in [1.807, 2.05) is 12.4 Å². The second-order valence-corrected chi connectivity index (χ2v) is 15.5. The summed E-state index contributed by atoms with van der Waals surface area (Å²) in [6, 6.07) is 12.8. The van der Waals surface area contributed by atoms with Gasteiger partial charge in [0.2, 0.25) is 0 Å². The molecule has 2 aromatic carbocycles. The van der Waals surface area contributed by atoms with Crippen molar-refractivity contribution in [3.05, 3.63) is 76.7 Å². The minimum atomic E-state index is 0. The summed E-state index contributed by atoms with van der Waals surface area (Å²) in [7, 11) is 7.69. The Labute approximate surface area is 358 Å². The van der Waals surface area contributed by atoms with Crippen molar-refractivity contribution in [2.24, 2.45) is 0 Å². The first-order valence-corrected chi connectivity index (χ1v) is 18.9. The van der Waals surface area contributed by atoms with Gasteiger partial charge in [0.1, 0.15) is 11.0 Å². The summed E-state index contributed by atoms with van der Waals surface area (Å²) in [6.45, 7) is 32.1. The predicted octanol–water partition coefficient (Wildman–Crippen LogP) is 7.13. The number of rotatable bonds is 2. The molecule has 2 radical (unpaired) electrons. The van der Waals surface area contributed by atoms with Crippen molar-refractivity contribution in [2.75, 3.05) is 73.6 Å². The number of hydrogen-bond acceptors (Lipinski definition) is 10. The van der Waals surface area contributed by atoms with Crippen LogP contribution in [0, 0.1) is 27.9 Å². The first kappa shape index (κ1) is 46.6. The molecule has 0 spiro atoms. The third-order valence-corrected chi connectivity index (χ3v) is 10.2. The van der Waals surface area contributed by atoms with Crippen molar-refractivity contribution < 1.29 is 37.1 Å². The van der Waals surface area contributed by atoms with Gasteiger partial charge in [-0.3, -0.25) is 9.80 Å². The summed E-state index contributed by atoms with van der Waals surface area (Å²) in [5, 5.41) is 12.8. The third kappa shape index (κ3) is 10.0. The van der Waals surface area contributed by atoms with Crippen molar-refractivity contribution in [2.45, 2.75) is 66.5 Å². The number of anilines is 4. The van der Waals surface area contributed by atoms with E-state index in [4.69, 9.17) is 11.5 Å². The minimum absolute atomic E-state index is 0. The van der Waals surface area contributed by atoms with Crippen molar-refractivity contribution in [1.29, 1.82) is 0 Å². The Bertz CT molecular complexity index is 2180. The van der Waals surface area contributed by atoms with E-state index in [0.717, 1.165) is 90.5 Å². The Hall–Kier alpha value is -3.77. The second-order valence-electron chi connectivity index (χ2n) is 15.5. The fourth-order valence-electron chi connectivity index (χ4n) is 7.32. The van der Waals surface area contributed by atoms with Crippen molar-refractivity contribution in [3.8, 4) is 0 Å². The molecular weight excluding hydrogens is 774 g/mol. The van der Waals surface area contributed by atoms with Crippen LogP contribution in [0.2, 0.25) is 0 Å². The smallest absolute Gasteiger partial charge is 0.407 e. The summed E-state index contributed by atoms with van der Waals surface area (Å²) in [6.07, 6.45) is 3.81. The average molecular weight is 835 g/mol. The summed E-state index contributed by atoms with van der Waals surface area (Å²) in [4.78, 5) is 19.0. The summed E-state index contributed by atoms with van der Waals surface area (Å²) < 4.78 is 3.10. The molecule has 6 heterocycles. The molecule has 56 heavy (non-hydrogen) atoms. The summed E-state index contributed by atoms with van der Waals surface area (Å²) >= 11 is 0. The van der Waals surface area contributed by atoms with Gasteiger partial charge in [-0.25, -0.2) is 20.2 Å². The van der Waals surface area contributed by atoms with Crippen molar-refractivity contribution in [1.82, 2.24) is 39.3 Å². The summed E-state index contributed by atoms with van der Waals surface area (Å²) in [5.41, 5.74) is 18.3. The number of nitrogens with two attached hydrogens (primary N) is 2. The number of pyridine rings is 2. The molecule has 2 aliphatic rings. The van der Waals surface area contributed by atoms with Crippen LogP contribution in [0.25, 0.3) is 43.6 Å². The van der Waals surface area contributed by atoms with E-state index in [0.29, 0.717) is 17.2 Å². The van der Waals surface area contributed by atoms with Gasteiger partial charge >= 0.3 is 37.1 Å². The van der Waals surface area contributed by atoms with E-state index < -0.39 is 0 Å². The van der Waals surface area contributed by atoms with Gasteiger partial charge in [-0.15, -0.1) is 12.4 Å². The van der Waals surface area contributed by atoms with E-state index in [2.05, 4.69) is 146 Å². The largest absolute Gasteiger partial charge is 2.00 e. The molecule has 0 bridgehead atoms. The molecule has 0 saturated carbocycles. The zero-order valence-electron chi connectivity index (χ0n) is 34.6. The molecule has 2 fully saturated rings. The Kier molecular flexibility index (Phi) is 15.9. The first-order chi connectivity index (χ1) is 25.7. The zero-order chi connectivity index (χ0) is 39.5. The number of nitrogen functional groups attached to an aromatic ring is 2. The molecule has 6 aromatic rings. The fraction of sp³-hybridized carbons (Fsp3) is 0.429. The van der Waals surface area contributed by atoms with Crippen LogP contribution in [-0.4, -0.2) is 103 Å². The minimum Gasteiger partial charge on any atom is -0.407 e. The molecule has 0 amide bonds. The number of piperazine rings is 2. The number of benzene rings is 2. The normalized spacial score (nSPS) is 15.2. The SMILES string of the molecule is [CH2-]C.[CH2-]C.[CH2-]n1cc2c(n1)c(N)nc1cc(N3CCN(C(C)(C)C)CC3)ccc12.[CH2-]n1cc2c(n1)c(N)nc1ccc(N3CCN(C(C)(C)C)CC3)cc12.[V+2].[V+2]. The van der Waals surface area contributed by atoms with Crippen LogP contribution in [0.5, 0.6) is 0 Å². The Morgan fingerprint density at radius 2 is 0.911 bits per heavy atom. The van der Waals surface area contributed by atoms with Gasteiger partial charge in [0.15, 0.2) is 11.6 Å². The standard InChI is InChI=1S/2C19H25N6.2C2H5.2V/c1-19(2,3)25-9-7-24(8-10-25)13-5-6-16-14(11-13)15-12-23(4)22-17(15)18(20)21-16;1-19(2,3)25-9-7-24(8-10-25)13-5-6-14-15-12-23(4)22-17(15)18(20)21-16(14)11-13;2*1-2;;/h2*5-6,11-12H,4,7-10H2,1-3H3,(H2,20,21);2*1H2,2H3;;/q4*-1;2*+2. The van der Waals surface area contributed by atoms with E-state index in [1.165, 1.54) is 11.4 Å². The maximum atomic E-state index is 6.10. The van der Waals surface area contributed by atoms with Crippen LogP contribution in [0.3, 0.4) is 0 Å². The summed E-state index contributed by atoms with van der Waals surface area (Å²) in [5.74, 6) is 0.913. The third-order valence-electron chi connectivity index (χ3n) is 10.2. The van der Waals surface area contributed by atoms with Gasteiger partial charge in [-0.2, -0.15) is 27.9 Å². The molecule has 0 aliphatic carbocycles. The number of hydrogen-bond donors (Lipinski definition) is 2. The monoisotopic (exact) mass is 834 g/mol. The molecule has 12 nitrogen and oxygen atoms in total. The van der Waals surface area contributed by atoms with E-state index in [9.17, 15) is 0 Å². The fourth-order valence-corrected chi connectivity index (χ4v) is 7.32. The molecule has 0 atom stereocenters. The van der Waals surface area contributed by atoms with Gasteiger partial charge in [0, 0.05) is 74.8 Å². The molecule has 298 valence electrons. The van der Waals surface area contributed by atoms with Crippen molar-refractivity contribution >= 4 is 66.6 Å². The van der Waals surface area contributed by atoms with Gasteiger partial charge < -0.3 is 44.5 Å². The zero-order valence-corrected chi connectivity index (χ0v) is 37.4. The number of aromatic nitrogens is 6. The second kappa shape index (κ2) is 19.1. The molecule has 4 N–H and O–H groups in total. The molecule has 14 heteroatoms. The number of nitrogens with zero attached hydrogens (tertiary/aromatic N) is 10. The van der Waals surface area contributed by atoms with E-state index in [-0.39, 0.29) is 48.2 Å². The van der Waals surface area contributed by atoms with Crippen LogP contribution < -0.4 is 21.3 Å². The van der Waals surface area contributed by atoms with Crippen LogP contribution in [0.4, 0.5) is 23.0 Å². The molecule has 2 saturated heterocycles. The Morgan fingerprint density at radius 1 is 0.518 bits per heavy atom. The predicted molar refractivity (Wildman–Crippen MR) is 230 cm³/mol. The molecule has 2 aliphatic heterocycles. The maximum Gasteiger partial charge on any atom is 2.00 e. The van der Waals surface area contributed by atoms with Crippen molar-refractivity contribution in [3.63, 3.8) is 0 Å². The van der Waals surface area contributed by atoms with Gasteiger partial charge in [0.25, 0.3) is 0 Å². The average Bonchev–Trinajstić information content (AvgIpc) is 3.76. The van der Waals surface area contributed by atoms with Crippen LogP contribution >= 0.6 is 0 Å². The quantitative estimate of drug-likeness (QED) is 0.174. The molecule has 0 unspecified atom stereocenters. The van der Waals surface area contributed by atoms with E-state index in [1.54, 1.807) is 23.2 Å². The van der Waals surface area contributed by atoms with Crippen LogP contribution in [0.1, 0.15) is 55.4 Å². The topological polar surface area (TPSA) is 126 Å². The molecular formula is C42H60N12V2. The van der Waals surface area contributed by atoms with Crippen LogP contribution in [-0.2, 0) is 37.1 Å². The van der Waals surface area contributed by atoms with Gasteiger partial charge in [0.05, 0.1) is 11.0 Å². The van der Waals surface area contributed by atoms with Crippen LogP contribution in [0.15, 0.2) is 48.8 Å². The van der Waals surface area contributed by atoms with Gasteiger partial charge in [-0.05, 0) is 93.4 Å². The Balaban J connectivity index is 0.000000267. The first-order valence-electron chi connectivity index (χ1n) is 18.9. The molecule has 4 aromatic heterocycles. The Morgan fingerprint density at radius 3 is 1.36 bits per heavy atom. The van der Waals surface area contributed by atoms with Gasteiger partial charge in [-0.1, -0.05) is 6.07 Å². The van der Waals surface area contributed by atoms with E-state index >= 15 is 0 Å². The molecule has 8 rings (SSSR count). The number of fused-ring (bicyclic) bond motifs is 6. The maximum absolute atomic E-state index is 6.10.